The standard InChI is InChI=1S/C14H22N2O2S2/c17-20(18,16-7-3-1-2-4-8-16)14-9-13(19-11-14)10-15-12-5-6-12/h9,11-12,15H,1-8,10H2. The maximum Gasteiger partial charge on any atom is 0.243 e. The van der Waals surface area contributed by atoms with Crippen molar-refractivity contribution in [3.05, 3.63) is 16.3 Å². The number of nitrogens with zero attached hydrogens (tertiary/aromatic N) is 1. The summed E-state index contributed by atoms with van der Waals surface area (Å²) in [5.74, 6) is 0. The van der Waals surface area contributed by atoms with Crippen molar-refractivity contribution in [1.29, 1.82) is 0 Å². The summed E-state index contributed by atoms with van der Waals surface area (Å²) in [7, 11) is -3.27. The molecule has 0 spiro atoms. The lowest BCUT2D eigenvalue weighted by Crippen LogP contribution is -2.31. The van der Waals surface area contributed by atoms with Crippen LogP contribution in [0, 0.1) is 0 Å². The molecule has 0 aromatic carbocycles. The predicted molar refractivity (Wildman–Crippen MR) is 81.4 cm³/mol. The number of nitrogens with one attached hydrogen (secondary N) is 1. The van der Waals surface area contributed by atoms with Gasteiger partial charge >= 0.3 is 0 Å². The van der Waals surface area contributed by atoms with Crippen molar-refractivity contribution in [2.45, 2.75) is 56.0 Å². The first-order chi connectivity index (χ1) is 9.66. The minimum atomic E-state index is -3.27. The second-order valence-electron chi connectivity index (χ2n) is 5.72. The fraction of sp³-hybridized carbons (Fsp3) is 0.714. The Hall–Kier alpha value is -0.430. The van der Waals surface area contributed by atoms with Crippen LogP contribution < -0.4 is 5.32 Å². The summed E-state index contributed by atoms with van der Waals surface area (Å²) < 4.78 is 26.9. The minimum absolute atomic E-state index is 0.483. The van der Waals surface area contributed by atoms with Crippen LogP contribution in [0.25, 0.3) is 0 Å². The van der Waals surface area contributed by atoms with E-state index in [1.54, 1.807) is 21.0 Å². The molecule has 0 radical (unpaired) electrons. The molecular formula is C14H22N2O2S2. The predicted octanol–water partition coefficient (Wildman–Crippen LogP) is 2.56. The summed E-state index contributed by atoms with van der Waals surface area (Å²) in [6, 6.07) is 2.50. The maximum atomic E-state index is 12.6. The smallest absolute Gasteiger partial charge is 0.243 e. The molecule has 0 amide bonds. The SMILES string of the molecule is O=S(=O)(c1csc(CNC2CC2)c1)N1CCCCCC1. The van der Waals surface area contributed by atoms with Gasteiger partial charge in [0.05, 0.1) is 4.90 Å². The molecule has 1 aromatic rings. The molecule has 0 bridgehead atoms. The van der Waals surface area contributed by atoms with Crippen molar-refractivity contribution in [1.82, 2.24) is 9.62 Å². The topological polar surface area (TPSA) is 49.4 Å². The van der Waals surface area contributed by atoms with Crippen LogP contribution in [0.5, 0.6) is 0 Å². The van der Waals surface area contributed by atoms with Gasteiger partial charge in [-0.3, -0.25) is 0 Å². The normalized spacial score (nSPS) is 21.8. The molecule has 112 valence electrons. The molecule has 6 heteroatoms. The van der Waals surface area contributed by atoms with Crippen LogP contribution in [0.1, 0.15) is 43.4 Å². The molecule has 1 N–H and O–H groups in total. The molecule has 2 aliphatic rings. The molecule has 1 aromatic heterocycles. The van der Waals surface area contributed by atoms with Crippen LogP contribution in [-0.4, -0.2) is 31.9 Å². The summed E-state index contributed by atoms with van der Waals surface area (Å²) in [5, 5.41) is 5.22. The van der Waals surface area contributed by atoms with Crippen molar-refractivity contribution >= 4 is 21.4 Å². The van der Waals surface area contributed by atoms with Crippen LogP contribution in [-0.2, 0) is 16.6 Å². The number of thiophene rings is 1. The van der Waals surface area contributed by atoms with E-state index in [1.165, 1.54) is 12.8 Å². The van der Waals surface area contributed by atoms with Gasteiger partial charge in [0, 0.05) is 35.9 Å². The van der Waals surface area contributed by atoms with E-state index in [0.717, 1.165) is 37.1 Å². The van der Waals surface area contributed by atoms with Gasteiger partial charge in [0.1, 0.15) is 0 Å². The number of hydrogen-bond donors (Lipinski definition) is 1. The highest BCUT2D eigenvalue weighted by Gasteiger charge is 2.26. The van der Waals surface area contributed by atoms with Gasteiger partial charge < -0.3 is 5.32 Å². The Morgan fingerprint density at radius 1 is 1.20 bits per heavy atom. The van der Waals surface area contributed by atoms with Crippen LogP contribution in [0.2, 0.25) is 0 Å². The van der Waals surface area contributed by atoms with Crippen molar-refractivity contribution in [2.75, 3.05) is 13.1 Å². The molecule has 4 nitrogen and oxygen atoms in total. The molecule has 0 unspecified atom stereocenters. The second-order valence-corrected chi connectivity index (χ2v) is 8.66. The fourth-order valence-electron chi connectivity index (χ4n) is 2.55. The second kappa shape index (κ2) is 6.13. The van der Waals surface area contributed by atoms with Crippen molar-refractivity contribution in [2.24, 2.45) is 0 Å². The summed E-state index contributed by atoms with van der Waals surface area (Å²) in [6.45, 7) is 2.15. The summed E-state index contributed by atoms with van der Waals surface area (Å²) >= 11 is 1.55. The molecule has 0 atom stereocenters. The zero-order chi connectivity index (χ0) is 14.0. The lowest BCUT2D eigenvalue weighted by atomic mass is 10.2. The Kier molecular flexibility index (Phi) is 4.45. The fourth-order valence-corrected chi connectivity index (χ4v) is 5.28. The Morgan fingerprint density at radius 3 is 2.55 bits per heavy atom. The third-order valence-electron chi connectivity index (χ3n) is 3.97. The molecule has 2 fully saturated rings. The zero-order valence-corrected chi connectivity index (χ0v) is 13.3. The van der Waals surface area contributed by atoms with E-state index < -0.39 is 10.0 Å². The monoisotopic (exact) mass is 314 g/mol. The highest BCUT2D eigenvalue weighted by atomic mass is 32.2. The largest absolute Gasteiger partial charge is 0.309 e. The molecule has 1 saturated carbocycles. The molecule has 1 aliphatic heterocycles. The third kappa shape index (κ3) is 3.42. The van der Waals surface area contributed by atoms with Gasteiger partial charge in [-0.2, -0.15) is 4.31 Å². The average molecular weight is 314 g/mol. The lowest BCUT2D eigenvalue weighted by molar-refractivity contribution is 0.424. The van der Waals surface area contributed by atoms with Gasteiger partial charge in [-0.25, -0.2) is 8.42 Å². The van der Waals surface area contributed by atoms with E-state index in [2.05, 4.69) is 5.32 Å². The van der Waals surface area contributed by atoms with Gasteiger partial charge in [-0.1, -0.05) is 12.8 Å². The highest BCUT2D eigenvalue weighted by molar-refractivity contribution is 7.89. The Morgan fingerprint density at radius 2 is 1.90 bits per heavy atom. The van der Waals surface area contributed by atoms with Crippen molar-refractivity contribution in [3.8, 4) is 0 Å². The van der Waals surface area contributed by atoms with E-state index in [4.69, 9.17) is 0 Å². The molecule has 1 saturated heterocycles. The average Bonchev–Trinajstić information content (AvgIpc) is 3.19. The van der Waals surface area contributed by atoms with Crippen molar-refractivity contribution in [3.63, 3.8) is 0 Å². The Labute approximate surface area is 125 Å². The molecule has 3 rings (SSSR count). The molecular weight excluding hydrogens is 292 g/mol. The van der Waals surface area contributed by atoms with E-state index in [9.17, 15) is 8.42 Å². The van der Waals surface area contributed by atoms with Gasteiger partial charge in [-0.15, -0.1) is 11.3 Å². The highest BCUT2D eigenvalue weighted by Crippen LogP contribution is 2.26. The first-order valence-corrected chi connectivity index (χ1v) is 9.79. The van der Waals surface area contributed by atoms with E-state index in [-0.39, 0.29) is 0 Å². The third-order valence-corrected chi connectivity index (χ3v) is 6.94. The van der Waals surface area contributed by atoms with Gasteiger partial charge in [-0.05, 0) is 31.7 Å². The maximum absolute atomic E-state index is 12.6. The Balaban J connectivity index is 1.69. The van der Waals surface area contributed by atoms with E-state index >= 15 is 0 Å². The van der Waals surface area contributed by atoms with E-state index in [0.29, 0.717) is 24.0 Å². The van der Waals surface area contributed by atoms with Crippen molar-refractivity contribution < 1.29 is 8.42 Å². The zero-order valence-electron chi connectivity index (χ0n) is 11.7. The van der Waals surface area contributed by atoms with Crippen LogP contribution in [0.15, 0.2) is 16.3 Å². The van der Waals surface area contributed by atoms with E-state index in [1.807, 2.05) is 6.07 Å². The van der Waals surface area contributed by atoms with Crippen LogP contribution in [0.4, 0.5) is 0 Å². The molecule has 1 aliphatic carbocycles. The van der Waals surface area contributed by atoms with Gasteiger partial charge in [0.2, 0.25) is 10.0 Å². The number of rotatable bonds is 5. The summed E-state index contributed by atoms with van der Waals surface area (Å²) in [5.41, 5.74) is 0. The van der Waals surface area contributed by atoms with Crippen LogP contribution >= 0.6 is 11.3 Å². The van der Waals surface area contributed by atoms with Gasteiger partial charge in [0.15, 0.2) is 0 Å². The first kappa shape index (κ1) is 14.5. The lowest BCUT2D eigenvalue weighted by Gasteiger charge is -2.18. The summed E-state index contributed by atoms with van der Waals surface area (Å²) in [4.78, 5) is 1.60. The number of hydrogen-bond acceptors (Lipinski definition) is 4. The first-order valence-electron chi connectivity index (χ1n) is 7.47. The summed E-state index contributed by atoms with van der Waals surface area (Å²) in [6.07, 6.45) is 6.77. The quantitative estimate of drug-likeness (QED) is 0.909. The van der Waals surface area contributed by atoms with Gasteiger partial charge in [0.25, 0.3) is 0 Å². The number of sulfonamides is 1. The molecule has 2 heterocycles. The minimum Gasteiger partial charge on any atom is -0.309 e. The molecule has 20 heavy (non-hydrogen) atoms. The Bertz CT molecular complexity index is 541. The van der Waals surface area contributed by atoms with Crippen LogP contribution in [0.3, 0.4) is 0 Å².